The van der Waals surface area contributed by atoms with Gasteiger partial charge in [-0.15, -0.1) is 0 Å². The Morgan fingerprint density at radius 1 is 0.808 bits per heavy atom. The maximum Gasteiger partial charge on any atom is 0.0463 e. The van der Waals surface area contributed by atoms with Crippen LogP contribution in [-0.2, 0) is 5.41 Å². The number of aromatic nitrogens is 2. The molecule has 1 aliphatic rings. The van der Waals surface area contributed by atoms with Crippen molar-refractivity contribution >= 4 is 21.8 Å². The average molecular weight is 342 g/mol. The highest BCUT2D eigenvalue weighted by atomic mass is 14.8. The highest BCUT2D eigenvalue weighted by Crippen LogP contribution is 2.53. The van der Waals surface area contributed by atoms with Gasteiger partial charge in [-0.25, -0.2) is 0 Å². The van der Waals surface area contributed by atoms with Gasteiger partial charge in [-0.05, 0) is 73.6 Å². The van der Waals surface area contributed by atoms with Crippen LogP contribution in [0, 0.1) is 13.8 Å². The van der Waals surface area contributed by atoms with Crippen molar-refractivity contribution in [2.75, 3.05) is 0 Å². The van der Waals surface area contributed by atoms with Crippen LogP contribution in [-0.4, -0.2) is 9.97 Å². The van der Waals surface area contributed by atoms with E-state index in [1.165, 1.54) is 62.7 Å². The van der Waals surface area contributed by atoms with Gasteiger partial charge in [0, 0.05) is 38.6 Å². The van der Waals surface area contributed by atoms with Gasteiger partial charge in [-0.2, -0.15) is 0 Å². The molecule has 0 atom stereocenters. The highest BCUT2D eigenvalue weighted by molar-refractivity contribution is 5.96. The Morgan fingerprint density at radius 2 is 1.50 bits per heavy atom. The number of fused-ring (bicyclic) bond motifs is 2. The summed E-state index contributed by atoms with van der Waals surface area (Å²) in [6.07, 6.45) is 2.47. The lowest BCUT2D eigenvalue weighted by Crippen LogP contribution is -2.09. The monoisotopic (exact) mass is 342 g/mol. The molecular weight excluding hydrogens is 316 g/mol. The third kappa shape index (κ3) is 2.25. The summed E-state index contributed by atoms with van der Waals surface area (Å²) in [6.45, 7) is 8.87. The van der Waals surface area contributed by atoms with Crippen molar-refractivity contribution < 1.29 is 0 Å². The maximum absolute atomic E-state index is 3.75. The van der Waals surface area contributed by atoms with Crippen LogP contribution >= 0.6 is 0 Å². The van der Waals surface area contributed by atoms with Gasteiger partial charge in [0.15, 0.2) is 0 Å². The van der Waals surface area contributed by atoms with Crippen molar-refractivity contribution in [2.24, 2.45) is 0 Å². The molecule has 0 bridgehead atoms. The highest BCUT2D eigenvalue weighted by Gasteiger charge is 2.47. The topological polar surface area (TPSA) is 31.6 Å². The molecule has 2 heterocycles. The van der Waals surface area contributed by atoms with E-state index in [0.717, 1.165) is 0 Å². The predicted molar refractivity (Wildman–Crippen MR) is 110 cm³/mol. The van der Waals surface area contributed by atoms with Crippen molar-refractivity contribution in [2.45, 2.75) is 51.9 Å². The van der Waals surface area contributed by atoms with Crippen LogP contribution in [0.15, 0.2) is 42.5 Å². The van der Waals surface area contributed by atoms with Crippen LogP contribution in [0.1, 0.15) is 60.7 Å². The molecule has 0 unspecified atom stereocenters. The number of aryl methyl sites for hydroxylation is 2. The fourth-order valence-electron chi connectivity index (χ4n) is 4.23. The van der Waals surface area contributed by atoms with E-state index < -0.39 is 0 Å². The largest absolute Gasteiger partial charge is 0.358 e. The molecule has 0 saturated heterocycles. The number of rotatable bonds is 3. The zero-order chi connectivity index (χ0) is 18.1. The van der Waals surface area contributed by atoms with Gasteiger partial charge in [0.2, 0.25) is 0 Å². The van der Waals surface area contributed by atoms with E-state index in [0.29, 0.717) is 5.92 Å². The van der Waals surface area contributed by atoms with E-state index >= 15 is 0 Å². The first-order chi connectivity index (χ1) is 12.5. The number of hydrogen-bond acceptors (Lipinski definition) is 0. The number of aromatic amines is 2. The van der Waals surface area contributed by atoms with Gasteiger partial charge < -0.3 is 9.97 Å². The summed E-state index contributed by atoms with van der Waals surface area (Å²) in [7, 11) is 0. The van der Waals surface area contributed by atoms with E-state index in [9.17, 15) is 0 Å². The summed E-state index contributed by atoms with van der Waals surface area (Å²) in [5, 5.41) is 2.60. The molecule has 0 aliphatic heterocycles. The Kier molecular flexibility index (Phi) is 3.19. The van der Waals surface area contributed by atoms with E-state index in [1.807, 2.05) is 0 Å². The van der Waals surface area contributed by atoms with Gasteiger partial charge in [0.25, 0.3) is 0 Å². The fraction of sp³-hybridized carbons (Fsp3) is 0.333. The average Bonchev–Trinajstić information content (AvgIpc) is 3.14. The molecule has 132 valence electrons. The molecule has 26 heavy (non-hydrogen) atoms. The molecule has 4 aromatic rings. The van der Waals surface area contributed by atoms with Crippen LogP contribution in [0.25, 0.3) is 21.8 Å². The summed E-state index contributed by atoms with van der Waals surface area (Å²) in [6, 6.07) is 16.2. The molecular formula is C24H26N2. The quantitative estimate of drug-likeness (QED) is 0.427. The second-order valence-corrected chi connectivity index (χ2v) is 8.47. The predicted octanol–water partition coefficient (Wildman–Crippen LogP) is 6.47. The Hall–Kier alpha value is -2.48. The first kappa shape index (κ1) is 15.7. The fourth-order valence-corrected chi connectivity index (χ4v) is 4.23. The molecule has 2 N–H and O–H groups in total. The summed E-state index contributed by atoms with van der Waals surface area (Å²) in [5.41, 5.74) is 9.57. The zero-order valence-electron chi connectivity index (χ0n) is 16.0. The van der Waals surface area contributed by atoms with Gasteiger partial charge in [0.1, 0.15) is 0 Å². The lowest BCUT2D eigenvalue weighted by Gasteiger charge is -2.16. The Balaban J connectivity index is 1.62. The molecule has 1 saturated carbocycles. The minimum atomic E-state index is 0.189. The van der Waals surface area contributed by atoms with Crippen LogP contribution in [0.2, 0.25) is 0 Å². The van der Waals surface area contributed by atoms with E-state index in [1.54, 1.807) is 0 Å². The van der Waals surface area contributed by atoms with Crippen molar-refractivity contribution in [3.05, 3.63) is 70.5 Å². The molecule has 2 aromatic heterocycles. The third-order valence-corrected chi connectivity index (χ3v) is 6.33. The molecule has 2 aromatic carbocycles. The van der Waals surface area contributed by atoms with Crippen LogP contribution < -0.4 is 0 Å². The minimum absolute atomic E-state index is 0.189. The maximum atomic E-state index is 3.75. The zero-order valence-corrected chi connectivity index (χ0v) is 16.0. The lowest BCUT2D eigenvalue weighted by molar-refractivity contribution is 0.814. The van der Waals surface area contributed by atoms with Gasteiger partial charge in [-0.1, -0.05) is 32.0 Å². The first-order valence-electron chi connectivity index (χ1n) is 9.70. The lowest BCUT2D eigenvalue weighted by atomic mass is 9.90. The van der Waals surface area contributed by atoms with Gasteiger partial charge >= 0.3 is 0 Å². The molecule has 2 heteroatoms. The number of H-pyrrole nitrogens is 2. The van der Waals surface area contributed by atoms with Crippen molar-refractivity contribution in [3.63, 3.8) is 0 Å². The summed E-state index contributed by atoms with van der Waals surface area (Å²) in [5.74, 6) is 0.524. The SMILES string of the molecule is Cc1ccc(C2(c3cc4cc5[nH]c(C(C)C)cc5cc4[nH]3)CC2)cc1C. The van der Waals surface area contributed by atoms with E-state index in [2.05, 4.69) is 80.1 Å². The second-order valence-electron chi connectivity index (χ2n) is 8.47. The van der Waals surface area contributed by atoms with Crippen molar-refractivity contribution in [3.8, 4) is 0 Å². The number of benzene rings is 2. The second kappa shape index (κ2) is 5.26. The first-order valence-corrected chi connectivity index (χ1v) is 9.70. The Labute approximate surface area is 154 Å². The van der Waals surface area contributed by atoms with Gasteiger partial charge in [0.05, 0.1) is 0 Å². The summed E-state index contributed by atoms with van der Waals surface area (Å²) in [4.78, 5) is 7.33. The molecule has 0 spiro atoms. The molecule has 0 amide bonds. The number of nitrogens with one attached hydrogen (secondary N) is 2. The Morgan fingerprint density at radius 3 is 2.15 bits per heavy atom. The van der Waals surface area contributed by atoms with Crippen LogP contribution in [0.5, 0.6) is 0 Å². The molecule has 5 rings (SSSR count). The molecule has 1 fully saturated rings. The smallest absolute Gasteiger partial charge is 0.0463 e. The van der Waals surface area contributed by atoms with E-state index in [-0.39, 0.29) is 5.41 Å². The van der Waals surface area contributed by atoms with Crippen LogP contribution in [0.4, 0.5) is 0 Å². The van der Waals surface area contributed by atoms with Gasteiger partial charge in [-0.3, -0.25) is 0 Å². The minimum Gasteiger partial charge on any atom is -0.358 e. The summed E-state index contributed by atoms with van der Waals surface area (Å²) >= 11 is 0. The standard InChI is InChI=1S/C24H26N2/c1-14(2)20-10-17-11-22-18(12-21(17)25-20)13-23(26-22)24(7-8-24)19-6-5-15(3)16(4)9-19/h5-6,9-14,25-26H,7-8H2,1-4H3. The van der Waals surface area contributed by atoms with Crippen molar-refractivity contribution in [1.82, 2.24) is 9.97 Å². The van der Waals surface area contributed by atoms with Crippen molar-refractivity contribution in [1.29, 1.82) is 0 Å². The third-order valence-electron chi connectivity index (χ3n) is 6.33. The number of hydrogen-bond donors (Lipinski definition) is 2. The summed E-state index contributed by atoms with van der Waals surface area (Å²) < 4.78 is 0. The molecule has 0 radical (unpaired) electrons. The van der Waals surface area contributed by atoms with Crippen LogP contribution in [0.3, 0.4) is 0 Å². The Bertz CT molecular complexity index is 1080. The van der Waals surface area contributed by atoms with E-state index in [4.69, 9.17) is 0 Å². The normalized spacial score (nSPS) is 16.0. The molecule has 1 aliphatic carbocycles. The molecule has 2 nitrogen and oxygen atoms in total.